The minimum atomic E-state index is -0.137. The van der Waals surface area contributed by atoms with Crippen LogP contribution in [-0.4, -0.2) is 26.9 Å². The third kappa shape index (κ3) is 3.80. The molecule has 0 saturated carbocycles. The Morgan fingerprint density at radius 3 is 2.70 bits per heavy atom. The Hall–Kier alpha value is -2.56. The molecule has 3 rings (SSSR count). The van der Waals surface area contributed by atoms with Crippen LogP contribution in [0.15, 0.2) is 48.6 Å². The predicted molar refractivity (Wildman–Crippen MR) is 88.7 cm³/mol. The molecule has 23 heavy (non-hydrogen) atoms. The lowest BCUT2D eigenvalue weighted by Crippen LogP contribution is -2.34. The van der Waals surface area contributed by atoms with E-state index >= 15 is 0 Å². The lowest BCUT2D eigenvalue weighted by atomic mass is 9.94. The molecule has 118 valence electrons. The molecule has 0 aliphatic heterocycles. The van der Waals surface area contributed by atoms with E-state index in [0.29, 0.717) is 11.4 Å². The predicted octanol–water partition coefficient (Wildman–Crippen LogP) is 3.16. The number of hydrogen-bond acceptors (Lipinski definition) is 4. The van der Waals surface area contributed by atoms with Crippen LogP contribution in [0.2, 0.25) is 0 Å². The van der Waals surface area contributed by atoms with Crippen LogP contribution in [0, 0.1) is 0 Å². The molecule has 0 bridgehead atoms. The number of nitrogens with zero attached hydrogens (tertiary/aromatic N) is 3. The second-order valence-electron chi connectivity index (χ2n) is 5.76. The molecule has 2 aromatic heterocycles. The van der Waals surface area contributed by atoms with Crippen molar-refractivity contribution in [2.24, 2.45) is 0 Å². The zero-order valence-corrected chi connectivity index (χ0v) is 13.2. The van der Waals surface area contributed by atoms with Crippen LogP contribution in [0.3, 0.4) is 0 Å². The lowest BCUT2D eigenvalue weighted by molar-refractivity contribution is 0.0944. The number of allylic oxidation sites excluding steroid dienone is 1. The first-order valence-corrected chi connectivity index (χ1v) is 7.96. The number of nitrogens with one attached hydrogen (secondary N) is 1. The molecule has 0 aromatic carbocycles. The summed E-state index contributed by atoms with van der Waals surface area (Å²) in [7, 11) is 0. The molecule has 1 N–H and O–H groups in total. The van der Waals surface area contributed by atoms with Gasteiger partial charge in [-0.15, -0.1) is 0 Å². The molecular formula is C18H20N4O. The Morgan fingerprint density at radius 1 is 1.22 bits per heavy atom. The Morgan fingerprint density at radius 2 is 2.04 bits per heavy atom. The quantitative estimate of drug-likeness (QED) is 0.881. The van der Waals surface area contributed by atoms with Gasteiger partial charge in [0.15, 0.2) is 5.82 Å². The lowest BCUT2D eigenvalue weighted by Gasteiger charge is -2.20. The van der Waals surface area contributed by atoms with Crippen molar-refractivity contribution in [2.75, 3.05) is 0 Å². The summed E-state index contributed by atoms with van der Waals surface area (Å²) < 4.78 is 0. The fourth-order valence-corrected chi connectivity index (χ4v) is 2.72. The number of pyridine rings is 1. The molecule has 5 heteroatoms. The fraction of sp³-hybridized carbons (Fsp3) is 0.333. The minimum Gasteiger partial charge on any atom is -0.346 e. The van der Waals surface area contributed by atoms with E-state index in [-0.39, 0.29) is 11.9 Å². The normalized spacial score (nSPS) is 15.6. The minimum absolute atomic E-state index is 0.0563. The average Bonchev–Trinajstić information content (AvgIpc) is 2.63. The van der Waals surface area contributed by atoms with Gasteiger partial charge in [-0.1, -0.05) is 11.6 Å². The summed E-state index contributed by atoms with van der Waals surface area (Å²) >= 11 is 0. The van der Waals surface area contributed by atoms with E-state index in [1.165, 1.54) is 18.4 Å². The smallest absolute Gasteiger partial charge is 0.254 e. The zero-order chi connectivity index (χ0) is 16.1. The highest BCUT2D eigenvalue weighted by molar-refractivity contribution is 5.94. The number of rotatable bonds is 4. The molecule has 1 amide bonds. The molecule has 0 saturated heterocycles. The Balaban J connectivity index is 1.67. The molecular weight excluding hydrogens is 288 g/mol. The first-order valence-electron chi connectivity index (χ1n) is 7.96. The molecule has 1 aliphatic rings. The second-order valence-corrected chi connectivity index (χ2v) is 5.76. The zero-order valence-electron chi connectivity index (χ0n) is 13.2. The van der Waals surface area contributed by atoms with E-state index < -0.39 is 0 Å². The Labute approximate surface area is 135 Å². The molecule has 2 heterocycles. The Kier molecular flexibility index (Phi) is 4.76. The highest BCUT2D eigenvalue weighted by Crippen LogP contribution is 2.20. The summed E-state index contributed by atoms with van der Waals surface area (Å²) in [6.45, 7) is 2.03. The van der Waals surface area contributed by atoms with E-state index in [9.17, 15) is 4.79 Å². The van der Waals surface area contributed by atoms with Gasteiger partial charge in [0.25, 0.3) is 5.91 Å². The topological polar surface area (TPSA) is 67.8 Å². The van der Waals surface area contributed by atoms with Gasteiger partial charge in [0.2, 0.25) is 0 Å². The van der Waals surface area contributed by atoms with Crippen molar-refractivity contribution in [3.05, 3.63) is 54.1 Å². The van der Waals surface area contributed by atoms with Gasteiger partial charge in [-0.3, -0.25) is 9.78 Å². The van der Waals surface area contributed by atoms with Crippen LogP contribution in [-0.2, 0) is 0 Å². The van der Waals surface area contributed by atoms with Crippen molar-refractivity contribution in [1.82, 2.24) is 20.3 Å². The number of aromatic nitrogens is 3. The highest BCUT2D eigenvalue weighted by atomic mass is 16.1. The third-order valence-electron chi connectivity index (χ3n) is 4.06. The summed E-state index contributed by atoms with van der Waals surface area (Å²) in [5.74, 6) is 0.430. The van der Waals surface area contributed by atoms with Gasteiger partial charge in [-0.25, -0.2) is 9.97 Å². The van der Waals surface area contributed by atoms with Crippen LogP contribution >= 0.6 is 0 Å². The van der Waals surface area contributed by atoms with E-state index in [2.05, 4.69) is 26.3 Å². The van der Waals surface area contributed by atoms with Gasteiger partial charge >= 0.3 is 0 Å². The molecule has 0 fully saturated rings. The molecule has 2 aromatic rings. The van der Waals surface area contributed by atoms with Gasteiger partial charge in [0, 0.05) is 36.4 Å². The summed E-state index contributed by atoms with van der Waals surface area (Å²) in [6.07, 6.45) is 13.4. The van der Waals surface area contributed by atoms with Crippen molar-refractivity contribution in [3.8, 4) is 11.4 Å². The van der Waals surface area contributed by atoms with Crippen molar-refractivity contribution in [1.29, 1.82) is 0 Å². The monoisotopic (exact) mass is 308 g/mol. The SMILES string of the molecule is CC(NC(=O)c1cnc(-c2cccnc2)nc1)C1=CCCCC1. The standard InChI is InChI=1S/C18H20N4O/c1-13(14-6-3-2-4-7-14)22-18(23)16-11-20-17(21-12-16)15-8-5-9-19-10-15/h5-6,8-13H,2-4,7H2,1H3,(H,22,23). The van der Waals surface area contributed by atoms with E-state index in [0.717, 1.165) is 18.4 Å². The van der Waals surface area contributed by atoms with Gasteiger partial charge < -0.3 is 5.32 Å². The maximum Gasteiger partial charge on any atom is 0.254 e. The number of hydrogen-bond donors (Lipinski definition) is 1. The van der Waals surface area contributed by atoms with Crippen molar-refractivity contribution in [2.45, 2.75) is 38.6 Å². The summed E-state index contributed by atoms with van der Waals surface area (Å²) in [5.41, 5.74) is 2.62. The first-order chi connectivity index (χ1) is 11.2. The molecule has 1 atom stereocenters. The highest BCUT2D eigenvalue weighted by Gasteiger charge is 2.15. The van der Waals surface area contributed by atoms with E-state index in [1.807, 2.05) is 19.1 Å². The first kappa shape index (κ1) is 15.3. The molecule has 1 unspecified atom stereocenters. The molecule has 0 spiro atoms. The largest absolute Gasteiger partial charge is 0.346 e. The fourth-order valence-electron chi connectivity index (χ4n) is 2.72. The van der Waals surface area contributed by atoms with Crippen LogP contribution < -0.4 is 5.32 Å². The van der Waals surface area contributed by atoms with Crippen molar-refractivity contribution in [3.63, 3.8) is 0 Å². The van der Waals surface area contributed by atoms with Crippen molar-refractivity contribution < 1.29 is 4.79 Å². The molecule has 1 aliphatic carbocycles. The summed E-state index contributed by atoms with van der Waals surface area (Å²) in [5, 5.41) is 3.03. The van der Waals surface area contributed by atoms with Gasteiger partial charge in [0.05, 0.1) is 5.56 Å². The van der Waals surface area contributed by atoms with Crippen LogP contribution in [0.5, 0.6) is 0 Å². The van der Waals surface area contributed by atoms with Crippen LogP contribution in [0.1, 0.15) is 43.0 Å². The average molecular weight is 308 g/mol. The number of amides is 1. The van der Waals surface area contributed by atoms with Gasteiger partial charge in [-0.05, 0) is 44.7 Å². The van der Waals surface area contributed by atoms with E-state index in [1.54, 1.807) is 24.8 Å². The maximum absolute atomic E-state index is 12.3. The van der Waals surface area contributed by atoms with Crippen molar-refractivity contribution >= 4 is 5.91 Å². The third-order valence-corrected chi connectivity index (χ3v) is 4.06. The van der Waals surface area contributed by atoms with Gasteiger partial charge in [-0.2, -0.15) is 0 Å². The molecule has 0 radical (unpaired) electrons. The van der Waals surface area contributed by atoms with Crippen LogP contribution in [0.4, 0.5) is 0 Å². The Bertz CT molecular complexity index is 695. The molecule has 5 nitrogen and oxygen atoms in total. The summed E-state index contributed by atoms with van der Waals surface area (Å²) in [4.78, 5) is 24.9. The van der Waals surface area contributed by atoms with E-state index in [4.69, 9.17) is 0 Å². The number of carbonyl (C=O) groups excluding carboxylic acids is 1. The maximum atomic E-state index is 12.3. The summed E-state index contributed by atoms with van der Waals surface area (Å²) in [6, 6.07) is 3.78. The second kappa shape index (κ2) is 7.13. The van der Waals surface area contributed by atoms with Crippen LogP contribution in [0.25, 0.3) is 11.4 Å². The van der Waals surface area contributed by atoms with Gasteiger partial charge in [0.1, 0.15) is 0 Å². The number of carbonyl (C=O) groups is 1.